The highest BCUT2D eigenvalue weighted by Gasteiger charge is 2.16. The zero-order chi connectivity index (χ0) is 13.9. The maximum atomic E-state index is 11.2. The number of carboxylic acid groups (broad SMARTS) is 1. The first-order chi connectivity index (χ1) is 9.75. The van der Waals surface area contributed by atoms with Crippen molar-refractivity contribution in [1.82, 2.24) is 0 Å². The molecular formula is C17H18O2S. The number of aromatic carboxylic acids is 1. The van der Waals surface area contributed by atoms with Crippen LogP contribution in [0.2, 0.25) is 0 Å². The number of benzene rings is 1. The van der Waals surface area contributed by atoms with E-state index in [1.165, 1.54) is 49.0 Å². The van der Waals surface area contributed by atoms with E-state index in [0.717, 1.165) is 11.1 Å². The molecule has 0 bridgehead atoms. The van der Waals surface area contributed by atoms with Crippen molar-refractivity contribution in [2.45, 2.75) is 38.0 Å². The van der Waals surface area contributed by atoms with Gasteiger partial charge >= 0.3 is 5.97 Å². The third-order valence-electron chi connectivity index (χ3n) is 4.16. The van der Waals surface area contributed by atoms with Crippen LogP contribution in [0, 0.1) is 0 Å². The standard InChI is InChI=1S/C17H18O2S/c18-17(19)16-15(10-11-20-16)14-8-6-13(7-9-14)12-4-2-1-3-5-12/h6-12H,1-5H2,(H,18,19). The van der Waals surface area contributed by atoms with Gasteiger partial charge in [-0.25, -0.2) is 4.79 Å². The fourth-order valence-electron chi connectivity index (χ4n) is 3.07. The molecule has 0 amide bonds. The summed E-state index contributed by atoms with van der Waals surface area (Å²) in [6.07, 6.45) is 6.61. The summed E-state index contributed by atoms with van der Waals surface area (Å²) in [5, 5.41) is 11.0. The van der Waals surface area contributed by atoms with Gasteiger partial charge in [0.25, 0.3) is 0 Å². The molecule has 0 saturated heterocycles. The highest BCUT2D eigenvalue weighted by atomic mass is 32.1. The molecule has 0 unspecified atom stereocenters. The van der Waals surface area contributed by atoms with Crippen LogP contribution < -0.4 is 0 Å². The maximum absolute atomic E-state index is 11.2. The molecule has 1 aliphatic carbocycles. The molecular weight excluding hydrogens is 268 g/mol. The molecule has 1 saturated carbocycles. The Hall–Kier alpha value is -1.61. The van der Waals surface area contributed by atoms with Gasteiger partial charge in [-0.05, 0) is 41.3 Å². The van der Waals surface area contributed by atoms with E-state index in [1.54, 1.807) is 0 Å². The summed E-state index contributed by atoms with van der Waals surface area (Å²) < 4.78 is 0. The lowest BCUT2D eigenvalue weighted by atomic mass is 9.84. The van der Waals surface area contributed by atoms with Crippen LogP contribution in [-0.2, 0) is 0 Å². The molecule has 3 rings (SSSR count). The molecule has 0 aliphatic heterocycles. The monoisotopic (exact) mass is 286 g/mol. The summed E-state index contributed by atoms with van der Waals surface area (Å²) in [6.45, 7) is 0. The molecule has 1 aromatic heterocycles. The predicted octanol–water partition coefficient (Wildman–Crippen LogP) is 5.16. The Kier molecular flexibility index (Phi) is 3.88. The lowest BCUT2D eigenvalue weighted by molar-refractivity contribution is 0.0703. The Morgan fingerprint density at radius 3 is 2.40 bits per heavy atom. The van der Waals surface area contributed by atoms with Crippen LogP contribution in [0.4, 0.5) is 0 Å². The zero-order valence-corrected chi connectivity index (χ0v) is 12.2. The number of rotatable bonds is 3. The summed E-state index contributed by atoms with van der Waals surface area (Å²) in [7, 11) is 0. The molecule has 20 heavy (non-hydrogen) atoms. The fourth-order valence-corrected chi connectivity index (χ4v) is 3.83. The Balaban J connectivity index is 1.85. The number of carboxylic acids is 1. The largest absolute Gasteiger partial charge is 0.477 e. The SMILES string of the molecule is O=C(O)c1sccc1-c1ccc(C2CCCCC2)cc1. The zero-order valence-electron chi connectivity index (χ0n) is 11.3. The van der Waals surface area contributed by atoms with Crippen LogP contribution >= 0.6 is 11.3 Å². The normalized spacial score (nSPS) is 16.2. The first kappa shape index (κ1) is 13.4. The molecule has 3 heteroatoms. The van der Waals surface area contributed by atoms with Crippen LogP contribution in [0.15, 0.2) is 35.7 Å². The molecule has 1 heterocycles. The Labute approximate surface area is 123 Å². The predicted molar refractivity (Wildman–Crippen MR) is 82.5 cm³/mol. The molecule has 2 aromatic rings. The Bertz CT molecular complexity index is 592. The maximum Gasteiger partial charge on any atom is 0.346 e. The summed E-state index contributed by atoms with van der Waals surface area (Å²) >= 11 is 1.29. The van der Waals surface area contributed by atoms with E-state index < -0.39 is 5.97 Å². The van der Waals surface area contributed by atoms with Crippen LogP contribution in [0.1, 0.15) is 53.3 Å². The van der Waals surface area contributed by atoms with Crippen molar-refractivity contribution in [2.75, 3.05) is 0 Å². The van der Waals surface area contributed by atoms with Gasteiger partial charge in [0.2, 0.25) is 0 Å². The van der Waals surface area contributed by atoms with Gasteiger partial charge < -0.3 is 5.11 Å². The first-order valence-corrected chi connectivity index (χ1v) is 8.05. The lowest BCUT2D eigenvalue weighted by Crippen LogP contribution is -2.04. The third-order valence-corrected chi connectivity index (χ3v) is 5.06. The van der Waals surface area contributed by atoms with Crippen molar-refractivity contribution in [3.63, 3.8) is 0 Å². The van der Waals surface area contributed by atoms with Crippen molar-refractivity contribution in [3.8, 4) is 11.1 Å². The van der Waals surface area contributed by atoms with E-state index >= 15 is 0 Å². The smallest absolute Gasteiger partial charge is 0.346 e. The molecule has 1 N–H and O–H groups in total. The quantitative estimate of drug-likeness (QED) is 0.846. The fraction of sp³-hybridized carbons (Fsp3) is 0.353. The number of hydrogen-bond acceptors (Lipinski definition) is 2. The van der Waals surface area contributed by atoms with E-state index in [1.807, 2.05) is 11.4 Å². The van der Waals surface area contributed by atoms with Crippen LogP contribution in [-0.4, -0.2) is 11.1 Å². The molecule has 1 fully saturated rings. The van der Waals surface area contributed by atoms with Crippen LogP contribution in [0.5, 0.6) is 0 Å². The average molecular weight is 286 g/mol. The summed E-state index contributed by atoms with van der Waals surface area (Å²) in [5.41, 5.74) is 3.24. The average Bonchev–Trinajstić information content (AvgIpc) is 2.98. The number of carbonyl (C=O) groups is 1. The minimum absolute atomic E-state index is 0.426. The van der Waals surface area contributed by atoms with Crippen molar-refractivity contribution in [2.24, 2.45) is 0 Å². The molecule has 1 aliphatic rings. The molecule has 0 radical (unpaired) electrons. The van der Waals surface area contributed by atoms with Gasteiger partial charge in [-0.2, -0.15) is 0 Å². The van der Waals surface area contributed by atoms with Gasteiger partial charge in [-0.1, -0.05) is 43.5 Å². The highest BCUT2D eigenvalue weighted by Crippen LogP contribution is 2.34. The molecule has 0 atom stereocenters. The van der Waals surface area contributed by atoms with Gasteiger partial charge in [-0.3, -0.25) is 0 Å². The second-order valence-corrected chi connectivity index (χ2v) is 6.34. The molecule has 104 valence electrons. The van der Waals surface area contributed by atoms with Crippen molar-refractivity contribution >= 4 is 17.3 Å². The van der Waals surface area contributed by atoms with Crippen molar-refractivity contribution in [3.05, 3.63) is 46.2 Å². The van der Waals surface area contributed by atoms with Gasteiger partial charge in [0, 0.05) is 5.56 Å². The topological polar surface area (TPSA) is 37.3 Å². The summed E-state index contributed by atoms with van der Waals surface area (Å²) in [6, 6.07) is 10.4. The van der Waals surface area contributed by atoms with E-state index in [4.69, 9.17) is 0 Å². The van der Waals surface area contributed by atoms with E-state index in [2.05, 4.69) is 24.3 Å². The van der Waals surface area contributed by atoms with Crippen LogP contribution in [0.3, 0.4) is 0 Å². The van der Waals surface area contributed by atoms with Gasteiger partial charge in [-0.15, -0.1) is 11.3 Å². The third kappa shape index (κ3) is 2.63. The second-order valence-electron chi connectivity index (χ2n) is 5.43. The summed E-state index contributed by atoms with van der Waals surface area (Å²) in [4.78, 5) is 11.6. The Morgan fingerprint density at radius 1 is 1.05 bits per heavy atom. The lowest BCUT2D eigenvalue weighted by Gasteiger charge is -2.22. The molecule has 1 aromatic carbocycles. The summed E-state index contributed by atoms with van der Waals surface area (Å²) in [5.74, 6) is -0.148. The van der Waals surface area contributed by atoms with Crippen LogP contribution in [0.25, 0.3) is 11.1 Å². The first-order valence-electron chi connectivity index (χ1n) is 7.17. The van der Waals surface area contributed by atoms with Gasteiger partial charge in [0.1, 0.15) is 4.88 Å². The Morgan fingerprint density at radius 2 is 1.75 bits per heavy atom. The molecule has 0 spiro atoms. The minimum atomic E-state index is -0.841. The van der Waals surface area contributed by atoms with E-state index in [0.29, 0.717) is 10.8 Å². The van der Waals surface area contributed by atoms with E-state index in [-0.39, 0.29) is 0 Å². The highest BCUT2D eigenvalue weighted by molar-refractivity contribution is 7.12. The number of hydrogen-bond donors (Lipinski definition) is 1. The molecule has 2 nitrogen and oxygen atoms in total. The van der Waals surface area contributed by atoms with Gasteiger partial charge in [0.15, 0.2) is 0 Å². The minimum Gasteiger partial charge on any atom is -0.477 e. The second kappa shape index (κ2) is 5.80. The van der Waals surface area contributed by atoms with E-state index in [9.17, 15) is 9.90 Å². The van der Waals surface area contributed by atoms with Gasteiger partial charge in [0.05, 0.1) is 0 Å². The van der Waals surface area contributed by atoms with Crippen molar-refractivity contribution < 1.29 is 9.90 Å². The number of thiophene rings is 1. The van der Waals surface area contributed by atoms with Crippen molar-refractivity contribution in [1.29, 1.82) is 0 Å².